The average molecular weight is 399 g/mol. The monoisotopic (exact) mass is 399 g/mol. The van der Waals surface area contributed by atoms with Gasteiger partial charge in [-0.3, -0.25) is 0 Å². The maximum Gasteiger partial charge on any atom is 0.223 e. The Hall–Kier alpha value is -2.85. The fourth-order valence-corrected chi connectivity index (χ4v) is 3.69. The van der Waals surface area contributed by atoms with Crippen molar-refractivity contribution in [1.29, 1.82) is 0 Å². The molecule has 0 spiro atoms. The first-order valence-corrected chi connectivity index (χ1v) is 9.73. The quantitative estimate of drug-likeness (QED) is 0.668. The number of nitrogens with one attached hydrogen (secondary N) is 2. The van der Waals surface area contributed by atoms with Gasteiger partial charge in [0, 0.05) is 18.7 Å². The summed E-state index contributed by atoms with van der Waals surface area (Å²) < 4.78 is 27.0. The lowest BCUT2D eigenvalue weighted by Crippen LogP contribution is -2.38. The van der Waals surface area contributed by atoms with Gasteiger partial charge in [0.1, 0.15) is 22.8 Å². The van der Waals surface area contributed by atoms with Crippen molar-refractivity contribution in [2.75, 3.05) is 38.7 Å². The van der Waals surface area contributed by atoms with Gasteiger partial charge in [-0.25, -0.2) is 23.9 Å². The van der Waals surface area contributed by atoms with Gasteiger partial charge in [-0.15, -0.1) is 0 Å². The van der Waals surface area contributed by atoms with Crippen LogP contribution in [0.2, 0.25) is 0 Å². The zero-order valence-electron chi connectivity index (χ0n) is 16.1. The first-order chi connectivity index (χ1) is 14.2. The van der Waals surface area contributed by atoms with Gasteiger partial charge in [0.25, 0.3) is 0 Å². The van der Waals surface area contributed by atoms with Crippen LogP contribution in [0, 0.1) is 5.82 Å². The van der Waals surface area contributed by atoms with Gasteiger partial charge in [0.15, 0.2) is 11.5 Å². The van der Waals surface area contributed by atoms with Crippen LogP contribution >= 0.6 is 0 Å². The van der Waals surface area contributed by atoms with Gasteiger partial charge < -0.3 is 20.1 Å². The minimum Gasteiger partial charge on any atom is -0.495 e. The van der Waals surface area contributed by atoms with Crippen molar-refractivity contribution in [3.8, 4) is 17.1 Å². The molecule has 0 aromatic carbocycles. The molecule has 2 aliphatic heterocycles. The van der Waals surface area contributed by atoms with Crippen molar-refractivity contribution in [2.24, 2.45) is 0 Å². The number of methoxy groups -OCH3 is 1. The Morgan fingerprint density at radius 1 is 1.31 bits per heavy atom. The van der Waals surface area contributed by atoms with E-state index in [1.807, 2.05) is 0 Å². The Kier molecular flexibility index (Phi) is 4.72. The van der Waals surface area contributed by atoms with Crippen LogP contribution in [-0.2, 0) is 4.74 Å². The number of aromatic nitrogens is 5. The van der Waals surface area contributed by atoms with E-state index < -0.39 is 5.82 Å². The number of hydrogen-bond donors (Lipinski definition) is 2. The van der Waals surface area contributed by atoms with Crippen LogP contribution in [0.3, 0.4) is 0 Å². The van der Waals surface area contributed by atoms with Gasteiger partial charge >= 0.3 is 0 Å². The van der Waals surface area contributed by atoms with Gasteiger partial charge in [0.05, 0.1) is 38.6 Å². The van der Waals surface area contributed by atoms with Crippen LogP contribution in [0.25, 0.3) is 17.0 Å². The van der Waals surface area contributed by atoms with E-state index in [0.717, 1.165) is 31.6 Å². The topological polar surface area (TPSA) is 98.5 Å². The van der Waals surface area contributed by atoms with Crippen LogP contribution in [0.15, 0.2) is 18.5 Å². The summed E-state index contributed by atoms with van der Waals surface area (Å²) >= 11 is 0. The summed E-state index contributed by atoms with van der Waals surface area (Å²) in [5.41, 5.74) is 1.96. The first-order valence-electron chi connectivity index (χ1n) is 9.73. The molecule has 2 fully saturated rings. The van der Waals surface area contributed by atoms with Crippen molar-refractivity contribution in [1.82, 2.24) is 29.9 Å². The summed E-state index contributed by atoms with van der Waals surface area (Å²) in [7, 11) is 1.60. The molecule has 0 saturated carbocycles. The molecule has 5 rings (SSSR count). The Morgan fingerprint density at radius 3 is 2.93 bits per heavy atom. The Morgan fingerprint density at radius 2 is 2.21 bits per heavy atom. The molecule has 3 aromatic rings. The second-order valence-corrected chi connectivity index (χ2v) is 7.32. The second-order valence-electron chi connectivity index (χ2n) is 7.32. The minimum atomic E-state index is -0.523. The van der Waals surface area contributed by atoms with E-state index >= 15 is 0 Å². The van der Waals surface area contributed by atoms with Gasteiger partial charge in [0.2, 0.25) is 5.95 Å². The van der Waals surface area contributed by atoms with Crippen molar-refractivity contribution < 1.29 is 13.9 Å². The molecular weight excluding hydrogens is 377 g/mol. The molecule has 0 unspecified atom stereocenters. The van der Waals surface area contributed by atoms with E-state index in [0.29, 0.717) is 36.3 Å². The Balaban J connectivity index is 1.53. The largest absolute Gasteiger partial charge is 0.495 e. The normalized spacial score (nSPS) is 19.9. The highest BCUT2D eigenvalue weighted by Crippen LogP contribution is 2.32. The number of hydrogen-bond acceptors (Lipinski definition) is 8. The first kappa shape index (κ1) is 18.2. The Labute approximate surface area is 166 Å². The number of fused-ring (bicyclic) bond motifs is 1. The van der Waals surface area contributed by atoms with Crippen molar-refractivity contribution in [3.63, 3.8) is 0 Å². The third kappa shape index (κ3) is 3.38. The highest BCUT2D eigenvalue weighted by atomic mass is 19.1. The third-order valence-corrected chi connectivity index (χ3v) is 5.35. The molecule has 9 nitrogen and oxygen atoms in total. The van der Waals surface area contributed by atoms with E-state index in [1.54, 1.807) is 23.9 Å². The molecule has 5 heterocycles. The number of rotatable bonds is 5. The number of piperidine rings is 1. The van der Waals surface area contributed by atoms with Crippen molar-refractivity contribution in [2.45, 2.75) is 24.8 Å². The number of anilines is 1. The molecule has 29 heavy (non-hydrogen) atoms. The maximum absolute atomic E-state index is 14.6. The molecule has 3 aromatic heterocycles. The van der Waals surface area contributed by atoms with Gasteiger partial charge in [-0.05, 0) is 19.4 Å². The second kappa shape index (κ2) is 7.53. The van der Waals surface area contributed by atoms with Crippen LogP contribution in [0.4, 0.5) is 10.3 Å². The average Bonchev–Trinajstić information content (AvgIpc) is 3.11. The summed E-state index contributed by atoms with van der Waals surface area (Å²) in [6.07, 6.45) is 4.86. The molecule has 2 aliphatic rings. The smallest absolute Gasteiger partial charge is 0.223 e. The molecule has 152 valence electrons. The van der Waals surface area contributed by atoms with Crippen molar-refractivity contribution in [3.05, 3.63) is 30.0 Å². The molecule has 2 saturated heterocycles. The third-order valence-electron chi connectivity index (χ3n) is 5.35. The molecular formula is C19H22FN7O2. The molecule has 0 radical (unpaired) electrons. The zero-order valence-corrected chi connectivity index (χ0v) is 16.1. The number of ether oxygens (including phenoxy) is 2. The lowest BCUT2D eigenvalue weighted by molar-refractivity contribution is 0.00530. The highest BCUT2D eigenvalue weighted by molar-refractivity contribution is 5.62. The van der Waals surface area contributed by atoms with Crippen LogP contribution in [-0.4, -0.2) is 64.0 Å². The highest BCUT2D eigenvalue weighted by Gasteiger charge is 2.27. The summed E-state index contributed by atoms with van der Waals surface area (Å²) in [4.78, 5) is 12.9. The molecule has 0 amide bonds. The summed E-state index contributed by atoms with van der Waals surface area (Å²) in [5.74, 6) is 0.672. The van der Waals surface area contributed by atoms with Crippen molar-refractivity contribution >= 4 is 11.6 Å². The van der Waals surface area contributed by atoms with Crippen LogP contribution in [0.5, 0.6) is 5.75 Å². The van der Waals surface area contributed by atoms with Gasteiger partial charge in [-0.2, -0.15) is 5.10 Å². The Bertz CT molecular complexity index is 1030. The fraction of sp³-hybridized carbons (Fsp3) is 0.474. The fourth-order valence-electron chi connectivity index (χ4n) is 3.69. The molecule has 10 heteroatoms. The zero-order chi connectivity index (χ0) is 19.8. The summed E-state index contributed by atoms with van der Waals surface area (Å²) in [6, 6.07) is 2.02. The SMILES string of the molecule is COc1cc2ncc(-c3nc(N[C@@H]4CCCNC4)ncc3F)n2nc1C1COC1. The van der Waals surface area contributed by atoms with E-state index in [1.165, 1.54) is 6.20 Å². The standard InChI is InChI=1S/C19H22FN7O2/c1-28-15-5-16-22-8-14(27(16)26-17(15)11-9-29-10-11)18-13(20)7-23-19(25-18)24-12-3-2-4-21-6-12/h5,7-8,11-12,21H,2-4,6,9-10H2,1H3,(H,23,24,25)/t12-/m1/s1. The predicted octanol–water partition coefficient (Wildman–Crippen LogP) is 1.61. The summed E-state index contributed by atoms with van der Waals surface area (Å²) in [5, 5.41) is 11.3. The summed E-state index contributed by atoms with van der Waals surface area (Å²) in [6.45, 7) is 3.02. The van der Waals surface area contributed by atoms with Crippen LogP contribution in [0.1, 0.15) is 24.5 Å². The molecule has 1 atom stereocenters. The number of imidazole rings is 1. The molecule has 0 aliphatic carbocycles. The van der Waals surface area contributed by atoms with Crippen LogP contribution < -0.4 is 15.4 Å². The minimum absolute atomic E-state index is 0.149. The maximum atomic E-state index is 14.6. The number of nitrogens with zero attached hydrogens (tertiary/aromatic N) is 5. The lowest BCUT2D eigenvalue weighted by atomic mass is 10.0. The van der Waals surface area contributed by atoms with E-state index in [4.69, 9.17) is 9.47 Å². The van der Waals surface area contributed by atoms with E-state index in [9.17, 15) is 4.39 Å². The number of halogens is 1. The predicted molar refractivity (Wildman–Crippen MR) is 104 cm³/mol. The lowest BCUT2D eigenvalue weighted by Gasteiger charge is -2.26. The molecule has 0 bridgehead atoms. The van der Waals surface area contributed by atoms with Gasteiger partial charge in [-0.1, -0.05) is 0 Å². The van der Waals surface area contributed by atoms with E-state index in [2.05, 4.69) is 30.7 Å². The molecule has 2 N–H and O–H groups in total. The van der Waals surface area contributed by atoms with E-state index in [-0.39, 0.29) is 17.7 Å².